The molecule has 2 aliphatic heterocycles. The van der Waals surface area contributed by atoms with Gasteiger partial charge in [0, 0.05) is 38.3 Å². The number of benzene rings is 1. The van der Waals surface area contributed by atoms with Crippen molar-refractivity contribution in [3.8, 4) is 0 Å². The SMILES string of the molecule is CCCc1ccc2c(c1)sc(=O)n2CCN1C[C@H]2C[C@@H]1CN2.Cl.Cl. The van der Waals surface area contributed by atoms with E-state index in [1.807, 2.05) is 4.57 Å². The van der Waals surface area contributed by atoms with Crippen LogP contribution in [0.3, 0.4) is 0 Å². The molecule has 2 aliphatic rings. The highest BCUT2D eigenvalue weighted by atomic mass is 35.5. The van der Waals surface area contributed by atoms with Gasteiger partial charge in [0.25, 0.3) is 0 Å². The van der Waals surface area contributed by atoms with Crippen molar-refractivity contribution in [3.05, 3.63) is 33.4 Å². The van der Waals surface area contributed by atoms with Crippen LogP contribution in [0.2, 0.25) is 0 Å². The van der Waals surface area contributed by atoms with E-state index >= 15 is 0 Å². The Kier molecular flexibility index (Phi) is 6.74. The van der Waals surface area contributed by atoms with Crippen LogP contribution in [-0.4, -0.2) is 41.2 Å². The molecule has 3 heterocycles. The topological polar surface area (TPSA) is 37.3 Å². The third-order valence-electron chi connectivity index (χ3n) is 5.05. The van der Waals surface area contributed by atoms with E-state index in [-0.39, 0.29) is 29.7 Å². The predicted octanol–water partition coefficient (Wildman–Crippen LogP) is 2.91. The predicted molar refractivity (Wildman–Crippen MR) is 106 cm³/mol. The molecule has 4 nitrogen and oxygen atoms in total. The van der Waals surface area contributed by atoms with Crippen LogP contribution < -0.4 is 10.2 Å². The molecule has 0 spiro atoms. The molecule has 2 fully saturated rings. The maximum Gasteiger partial charge on any atom is 0.308 e. The smallest absolute Gasteiger partial charge is 0.308 e. The number of nitrogens with one attached hydrogen (secondary N) is 1. The van der Waals surface area contributed by atoms with Crippen LogP contribution in [0.15, 0.2) is 23.0 Å². The molecular formula is C17H25Cl2N3OS. The number of rotatable bonds is 5. The molecule has 134 valence electrons. The number of nitrogens with zero attached hydrogens (tertiary/aromatic N) is 2. The number of aromatic nitrogens is 1. The second-order valence-corrected chi connectivity index (χ2v) is 7.55. The quantitative estimate of drug-likeness (QED) is 0.853. The Morgan fingerprint density at radius 3 is 2.79 bits per heavy atom. The lowest BCUT2D eigenvalue weighted by Gasteiger charge is -2.27. The molecule has 1 aromatic heterocycles. The fourth-order valence-corrected chi connectivity index (χ4v) is 4.90. The summed E-state index contributed by atoms with van der Waals surface area (Å²) in [6, 6.07) is 7.87. The van der Waals surface area contributed by atoms with Crippen molar-refractivity contribution in [2.75, 3.05) is 19.6 Å². The Labute approximate surface area is 159 Å². The normalized spacial score (nSPS) is 22.5. The number of piperazine rings is 1. The van der Waals surface area contributed by atoms with E-state index in [1.54, 1.807) is 0 Å². The first-order chi connectivity index (χ1) is 10.7. The maximum atomic E-state index is 12.3. The molecule has 0 unspecified atom stereocenters. The van der Waals surface area contributed by atoms with E-state index < -0.39 is 0 Å². The molecule has 1 aromatic carbocycles. The van der Waals surface area contributed by atoms with Gasteiger partial charge in [0.2, 0.25) is 0 Å². The number of aryl methyl sites for hydroxylation is 1. The van der Waals surface area contributed by atoms with Gasteiger partial charge in [-0.25, -0.2) is 0 Å². The molecule has 2 atom stereocenters. The standard InChI is InChI=1S/C17H23N3OS.2ClH/c1-2-3-12-4-5-15-16(8-12)22-17(21)20(15)7-6-19-11-13-9-14(19)10-18-13;;/h4-5,8,13-14,18H,2-3,6-7,9-11H2,1H3;2*1H/t13-,14-;;/m1../s1. The molecule has 0 aliphatic carbocycles. The van der Waals surface area contributed by atoms with Gasteiger partial charge in [-0.15, -0.1) is 24.8 Å². The van der Waals surface area contributed by atoms with Crippen LogP contribution in [0.4, 0.5) is 0 Å². The Balaban J connectivity index is 0.00000104. The van der Waals surface area contributed by atoms with Crippen molar-refractivity contribution in [3.63, 3.8) is 0 Å². The minimum absolute atomic E-state index is 0. The zero-order valence-corrected chi connectivity index (χ0v) is 16.3. The van der Waals surface area contributed by atoms with Gasteiger partial charge >= 0.3 is 4.87 Å². The molecule has 0 radical (unpaired) electrons. The first kappa shape index (κ1) is 19.7. The van der Waals surface area contributed by atoms with Crippen molar-refractivity contribution in [2.24, 2.45) is 0 Å². The van der Waals surface area contributed by atoms with Crippen molar-refractivity contribution in [1.82, 2.24) is 14.8 Å². The first-order valence-electron chi connectivity index (χ1n) is 8.34. The number of thiazole rings is 1. The fourth-order valence-electron chi connectivity index (χ4n) is 3.92. The summed E-state index contributed by atoms with van der Waals surface area (Å²) in [7, 11) is 0. The van der Waals surface area contributed by atoms with Crippen LogP contribution in [0.5, 0.6) is 0 Å². The van der Waals surface area contributed by atoms with Crippen LogP contribution >= 0.6 is 36.2 Å². The summed E-state index contributed by atoms with van der Waals surface area (Å²) < 4.78 is 3.11. The number of hydrogen-bond donors (Lipinski definition) is 1. The third-order valence-corrected chi connectivity index (χ3v) is 5.99. The number of fused-ring (bicyclic) bond motifs is 3. The highest BCUT2D eigenvalue weighted by Crippen LogP contribution is 2.24. The van der Waals surface area contributed by atoms with E-state index in [0.29, 0.717) is 12.1 Å². The van der Waals surface area contributed by atoms with Crippen molar-refractivity contribution >= 4 is 46.4 Å². The van der Waals surface area contributed by atoms with Gasteiger partial charge in [-0.1, -0.05) is 30.7 Å². The van der Waals surface area contributed by atoms with Gasteiger partial charge in [0.15, 0.2) is 0 Å². The Morgan fingerprint density at radius 2 is 2.12 bits per heavy atom. The van der Waals surface area contributed by atoms with Crippen molar-refractivity contribution in [1.29, 1.82) is 0 Å². The summed E-state index contributed by atoms with van der Waals surface area (Å²) in [4.78, 5) is 15.1. The van der Waals surface area contributed by atoms with Gasteiger partial charge in [-0.3, -0.25) is 14.3 Å². The molecule has 4 rings (SSSR count). The molecule has 2 bridgehead atoms. The summed E-state index contributed by atoms with van der Waals surface area (Å²) in [6.45, 7) is 6.25. The van der Waals surface area contributed by atoms with E-state index in [0.717, 1.165) is 49.2 Å². The summed E-state index contributed by atoms with van der Waals surface area (Å²) in [6.07, 6.45) is 3.51. The highest BCUT2D eigenvalue weighted by Gasteiger charge is 2.36. The third kappa shape index (κ3) is 3.65. The second-order valence-electron chi connectivity index (χ2n) is 6.56. The van der Waals surface area contributed by atoms with Crippen molar-refractivity contribution < 1.29 is 0 Å². The molecule has 0 amide bonds. The monoisotopic (exact) mass is 389 g/mol. The van der Waals surface area contributed by atoms with Gasteiger partial charge < -0.3 is 5.32 Å². The maximum absolute atomic E-state index is 12.3. The minimum atomic E-state index is 0. The van der Waals surface area contributed by atoms with Gasteiger partial charge in [-0.2, -0.15) is 0 Å². The summed E-state index contributed by atoms with van der Waals surface area (Å²) in [5, 5.41) is 3.53. The molecule has 7 heteroatoms. The molecule has 2 aromatic rings. The van der Waals surface area contributed by atoms with E-state index in [4.69, 9.17) is 0 Å². The highest BCUT2D eigenvalue weighted by molar-refractivity contribution is 7.16. The molecule has 2 saturated heterocycles. The molecule has 0 saturated carbocycles. The van der Waals surface area contributed by atoms with Gasteiger partial charge in [0.05, 0.1) is 10.2 Å². The summed E-state index contributed by atoms with van der Waals surface area (Å²) in [5.74, 6) is 0. The van der Waals surface area contributed by atoms with Crippen molar-refractivity contribution in [2.45, 2.75) is 44.8 Å². The zero-order valence-electron chi connectivity index (χ0n) is 13.9. The fraction of sp³-hybridized carbons (Fsp3) is 0.588. The Hall–Kier alpha value is -0.590. The molecule has 1 N–H and O–H groups in total. The lowest BCUT2D eigenvalue weighted by Crippen LogP contribution is -2.45. The van der Waals surface area contributed by atoms with Crippen LogP contribution in [0.1, 0.15) is 25.3 Å². The minimum Gasteiger partial charge on any atom is -0.311 e. The lowest BCUT2D eigenvalue weighted by atomic mass is 10.1. The summed E-state index contributed by atoms with van der Waals surface area (Å²) in [5.41, 5.74) is 2.45. The Morgan fingerprint density at radius 1 is 1.29 bits per heavy atom. The average Bonchev–Trinajstić information content (AvgIpc) is 3.19. The second kappa shape index (κ2) is 8.19. The van der Waals surface area contributed by atoms with Crippen LogP contribution in [0, 0.1) is 0 Å². The number of likely N-dealkylation sites (tertiary alicyclic amines) is 1. The molecule has 24 heavy (non-hydrogen) atoms. The van der Waals surface area contributed by atoms with E-state index in [9.17, 15) is 4.79 Å². The first-order valence-corrected chi connectivity index (χ1v) is 9.16. The number of hydrogen-bond acceptors (Lipinski definition) is 4. The zero-order chi connectivity index (χ0) is 15.1. The number of halogens is 2. The van der Waals surface area contributed by atoms with Gasteiger partial charge in [-0.05, 0) is 30.5 Å². The van der Waals surface area contributed by atoms with Crippen LogP contribution in [-0.2, 0) is 13.0 Å². The lowest BCUT2D eigenvalue weighted by molar-refractivity contribution is 0.218. The summed E-state index contributed by atoms with van der Waals surface area (Å²) >= 11 is 1.39. The van der Waals surface area contributed by atoms with E-state index in [1.165, 1.54) is 23.3 Å². The average molecular weight is 390 g/mol. The molecular weight excluding hydrogens is 365 g/mol. The van der Waals surface area contributed by atoms with Gasteiger partial charge in [0.1, 0.15) is 0 Å². The van der Waals surface area contributed by atoms with E-state index in [2.05, 4.69) is 35.3 Å². The largest absolute Gasteiger partial charge is 0.311 e. The van der Waals surface area contributed by atoms with Crippen LogP contribution in [0.25, 0.3) is 10.2 Å². The Bertz CT molecular complexity index is 745.